The SMILES string of the molecule is CCCCCCCCCCCCCCOCC(COCCCCCCCCCCCCCC)(COCC[N+](C)(C)C)COCC[N+](C)(C)C.[I-].[I-]. The van der Waals surface area contributed by atoms with Crippen molar-refractivity contribution in [1.29, 1.82) is 0 Å². The highest BCUT2D eigenvalue weighted by Crippen LogP contribution is 2.22. The Hall–Kier alpha value is 1.22. The monoisotopic (exact) mass is 955 g/mol. The van der Waals surface area contributed by atoms with E-state index in [0.29, 0.717) is 26.4 Å². The fourth-order valence-corrected chi connectivity index (χ4v) is 6.17. The van der Waals surface area contributed by atoms with Crippen LogP contribution in [0.3, 0.4) is 0 Å². The number of rotatable bonds is 40. The molecule has 0 aliphatic carbocycles. The smallest absolute Gasteiger partial charge is 0.102 e. The van der Waals surface area contributed by atoms with Crippen LogP contribution in [0, 0.1) is 5.41 Å². The average Bonchev–Trinajstić information content (AvgIpc) is 3.04. The van der Waals surface area contributed by atoms with Crippen LogP contribution in [0.4, 0.5) is 0 Å². The van der Waals surface area contributed by atoms with Crippen LogP contribution in [0.2, 0.25) is 0 Å². The molecule has 0 rings (SSSR count). The lowest BCUT2D eigenvalue weighted by molar-refractivity contribution is -0.870. The molecule has 51 heavy (non-hydrogen) atoms. The molecule has 0 N–H and O–H groups in total. The molecule has 8 heteroatoms. The van der Waals surface area contributed by atoms with Crippen molar-refractivity contribution in [1.82, 2.24) is 0 Å². The van der Waals surface area contributed by atoms with Crippen LogP contribution in [0.1, 0.15) is 168 Å². The van der Waals surface area contributed by atoms with Crippen LogP contribution in [-0.4, -0.2) is 117 Å². The number of likely N-dealkylation sites (N-methyl/N-ethyl adjacent to an activating group) is 2. The molecule has 0 bridgehead atoms. The van der Waals surface area contributed by atoms with Crippen LogP contribution in [0.5, 0.6) is 0 Å². The number of hydrogen-bond acceptors (Lipinski definition) is 4. The molecule has 0 aromatic carbocycles. The van der Waals surface area contributed by atoms with Crippen molar-refractivity contribution < 1.29 is 75.9 Å². The van der Waals surface area contributed by atoms with Gasteiger partial charge < -0.3 is 75.9 Å². The van der Waals surface area contributed by atoms with Gasteiger partial charge in [0.25, 0.3) is 0 Å². The number of ether oxygens (including phenoxy) is 4. The summed E-state index contributed by atoms with van der Waals surface area (Å²) in [6.45, 7) is 12.2. The van der Waals surface area contributed by atoms with E-state index in [1.165, 1.54) is 141 Å². The molecule has 0 heterocycles. The van der Waals surface area contributed by atoms with E-state index in [1.54, 1.807) is 0 Å². The zero-order valence-corrected chi connectivity index (χ0v) is 40.1. The van der Waals surface area contributed by atoms with Crippen molar-refractivity contribution in [3.8, 4) is 0 Å². The van der Waals surface area contributed by atoms with Gasteiger partial charge in [-0.2, -0.15) is 0 Å². The Labute approximate surface area is 355 Å². The van der Waals surface area contributed by atoms with Gasteiger partial charge in [0, 0.05) is 13.2 Å². The Morgan fingerprint density at radius 2 is 0.529 bits per heavy atom. The highest BCUT2D eigenvalue weighted by atomic mass is 127. The van der Waals surface area contributed by atoms with Crippen molar-refractivity contribution in [3.05, 3.63) is 0 Å². The molecule has 0 saturated carbocycles. The van der Waals surface area contributed by atoms with Gasteiger partial charge >= 0.3 is 0 Å². The zero-order valence-electron chi connectivity index (χ0n) is 35.8. The summed E-state index contributed by atoms with van der Waals surface area (Å²) in [6.07, 6.45) is 32.7. The topological polar surface area (TPSA) is 36.9 Å². The third kappa shape index (κ3) is 43.8. The Bertz CT molecular complexity index is 617. The third-order valence-electron chi connectivity index (χ3n) is 9.73. The van der Waals surface area contributed by atoms with E-state index >= 15 is 0 Å². The summed E-state index contributed by atoms with van der Waals surface area (Å²) < 4.78 is 27.3. The number of nitrogens with zero attached hydrogens (tertiary/aromatic N) is 2. The minimum absolute atomic E-state index is 0. The van der Waals surface area contributed by atoms with E-state index in [0.717, 1.165) is 61.3 Å². The van der Waals surface area contributed by atoms with E-state index < -0.39 is 0 Å². The minimum Gasteiger partial charge on any atom is -1.00 e. The van der Waals surface area contributed by atoms with Crippen LogP contribution >= 0.6 is 0 Å². The second-order valence-electron chi connectivity index (χ2n) is 17.5. The molecule has 0 aliphatic heterocycles. The molecule has 0 fully saturated rings. The zero-order chi connectivity index (χ0) is 36.4. The Balaban J connectivity index is -0.0000115. The third-order valence-corrected chi connectivity index (χ3v) is 9.73. The molecule has 6 nitrogen and oxygen atoms in total. The van der Waals surface area contributed by atoms with Crippen molar-refractivity contribution in [2.75, 3.05) is 108 Å². The van der Waals surface area contributed by atoms with E-state index in [2.05, 4.69) is 56.1 Å². The maximum absolute atomic E-state index is 6.41. The van der Waals surface area contributed by atoms with Crippen LogP contribution in [0.15, 0.2) is 0 Å². The average molecular weight is 955 g/mol. The molecule has 0 atom stereocenters. The van der Waals surface area contributed by atoms with E-state index in [9.17, 15) is 0 Å². The molecular formula is C43H92I2N2O4. The summed E-state index contributed by atoms with van der Waals surface area (Å²) in [7, 11) is 13.3. The summed E-state index contributed by atoms with van der Waals surface area (Å²) in [5.74, 6) is 0. The molecular weight excluding hydrogens is 862 g/mol. The minimum atomic E-state index is -0.274. The molecule has 0 aromatic heterocycles. The van der Waals surface area contributed by atoms with Gasteiger partial charge in [-0.25, -0.2) is 0 Å². The first-order chi connectivity index (χ1) is 23.5. The van der Waals surface area contributed by atoms with Gasteiger partial charge in [0.05, 0.1) is 87.3 Å². The molecule has 0 aromatic rings. The van der Waals surface area contributed by atoms with Gasteiger partial charge in [0.2, 0.25) is 0 Å². The lowest BCUT2D eigenvalue weighted by Crippen LogP contribution is -3.00. The predicted octanol–water partition coefficient (Wildman–Crippen LogP) is 4.86. The predicted molar refractivity (Wildman–Crippen MR) is 214 cm³/mol. The van der Waals surface area contributed by atoms with Crippen molar-refractivity contribution >= 4 is 0 Å². The largest absolute Gasteiger partial charge is 1.00 e. The molecule has 0 spiro atoms. The first-order valence-electron chi connectivity index (χ1n) is 21.5. The fourth-order valence-electron chi connectivity index (χ4n) is 6.17. The molecule has 0 saturated heterocycles. The maximum atomic E-state index is 6.41. The summed E-state index contributed by atoms with van der Waals surface area (Å²) in [5, 5.41) is 0. The van der Waals surface area contributed by atoms with E-state index in [1.807, 2.05) is 0 Å². The summed E-state index contributed by atoms with van der Waals surface area (Å²) >= 11 is 0. The van der Waals surface area contributed by atoms with Gasteiger partial charge in [0.15, 0.2) is 0 Å². The first-order valence-corrected chi connectivity index (χ1v) is 21.5. The Morgan fingerprint density at radius 1 is 0.314 bits per heavy atom. The van der Waals surface area contributed by atoms with Gasteiger partial charge in [-0.15, -0.1) is 0 Å². The molecule has 312 valence electrons. The quantitative estimate of drug-likeness (QED) is 0.0501. The van der Waals surface area contributed by atoms with Crippen molar-refractivity contribution in [2.24, 2.45) is 5.41 Å². The van der Waals surface area contributed by atoms with E-state index in [-0.39, 0.29) is 53.4 Å². The van der Waals surface area contributed by atoms with Crippen LogP contribution in [0.25, 0.3) is 0 Å². The lowest BCUT2D eigenvalue weighted by Gasteiger charge is -2.34. The summed E-state index contributed by atoms with van der Waals surface area (Å²) in [5.41, 5.74) is -0.274. The lowest BCUT2D eigenvalue weighted by atomic mass is 9.92. The Morgan fingerprint density at radius 3 is 0.765 bits per heavy atom. The van der Waals surface area contributed by atoms with Gasteiger partial charge in [-0.1, -0.05) is 155 Å². The molecule has 0 unspecified atom stereocenters. The standard InChI is InChI=1S/C43H92N2O4.2HI/c1-9-11-13-15-17-19-21-23-25-27-29-31-35-46-39-43(41-48-37-33-44(3,4)5,42-49-38-34-45(6,7)8)40-47-36-32-30-28-26-24-22-20-18-16-14-12-10-2;;/h9-42H2,1-8H3;2*1H/q+2;;/p-2. The summed E-state index contributed by atoms with van der Waals surface area (Å²) in [6, 6.07) is 0. The highest BCUT2D eigenvalue weighted by Gasteiger charge is 2.33. The second kappa shape index (κ2) is 39.5. The molecule has 0 amide bonds. The van der Waals surface area contributed by atoms with Crippen LogP contribution in [-0.2, 0) is 18.9 Å². The number of hydrogen-bond donors (Lipinski definition) is 0. The summed E-state index contributed by atoms with van der Waals surface area (Å²) in [4.78, 5) is 0. The number of unbranched alkanes of at least 4 members (excludes halogenated alkanes) is 22. The van der Waals surface area contributed by atoms with Gasteiger partial charge in [-0.3, -0.25) is 0 Å². The Kier molecular flexibility index (Phi) is 43.7. The van der Waals surface area contributed by atoms with Crippen LogP contribution < -0.4 is 48.0 Å². The molecule has 0 radical (unpaired) electrons. The van der Waals surface area contributed by atoms with Crippen molar-refractivity contribution in [3.63, 3.8) is 0 Å². The van der Waals surface area contributed by atoms with Crippen molar-refractivity contribution in [2.45, 2.75) is 168 Å². The van der Waals surface area contributed by atoms with E-state index in [4.69, 9.17) is 18.9 Å². The fraction of sp³-hybridized carbons (Fsp3) is 1.00. The first kappa shape index (κ1) is 56.6. The number of halogens is 2. The van der Waals surface area contributed by atoms with Gasteiger partial charge in [-0.05, 0) is 12.8 Å². The highest BCUT2D eigenvalue weighted by molar-refractivity contribution is 4.79. The maximum Gasteiger partial charge on any atom is 0.102 e. The normalized spacial score (nSPS) is 12.2. The molecule has 0 aliphatic rings. The van der Waals surface area contributed by atoms with Gasteiger partial charge in [0.1, 0.15) is 13.1 Å². The second-order valence-corrected chi connectivity index (χ2v) is 17.5. The number of quaternary nitrogens is 2.